The van der Waals surface area contributed by atoms with Crippen molar-refractivity contribution in [1.82, 2.24) is 10.6 Å². The quantitative estimate of drug-likeness (QED) is 0.765. The van der Waals surface area contributed by atoms with Gasteiger partial charge in [0.1, 0.15) is 0 Å². The highest BCUT2D eigenvalue weighted by Gasteiger charge is 2.18. The zero-order chi connectivity index (χ0) is 11.9. The Morgan fingerprint density at radius 1 is 1.35 bits per heavy atom. The molecule has 98 valence electrons. The van der Waals surface area contributed by atoms with Gasteiger partial charge in [-0.15, -0.1) is 0 Å². The highest BCUT2D eigenvalue weighted by Crippen LogP contribution is 2.17. The van der Waals surface area contributed by atoms with Crippen molar-refractivity contribution in [2.75, 3.05) is 31.2 Å². The van der Waals surface area contributed by atoms with Gasteiger partial charge in [-0.1, -0.05) is 0 Å². The molecule has 2 rings (SSSR count). The Balaban J connectivity index is 1.53. The second kappa shape index (κ2) is 7.24. The molecule has 17 heavy (non-hydrogen) atoms. The molecule has 0 radical (unpaired) electrons. The summed E-state index contributed by atoms with van der Waals surface area (Å²) in [6.45, 7) is 2.64. The van der Waals surface area contributed by atoms with Gasteiger partial charge in [-0.25, -0.2) is 0 Å². The van der Waals surface area contributed by atoms with Crippen LogP contribution in [-0.4, -0.2) is 49.3 Å². The zero-order valence-electron chi connectivity index (χ0n) is 10.2. The lowest BCUT2D eigenvalue weighted by Crippen LogP contribution is -2.36. The summed E-state index contributed by atoms with van der Waals surface area (Å²) in [6.07, 6.45) is 4.12. The first kappa shape index (κ1) is 13.2. The maximum absolute atomic E-state index is 11.6. The maximum Gasteiger partial charge on any atom is 0.222 e. The van der Waals surface area contributed by atoms with E-state index in [0.717, 1.165) is 38.1 Å². The standard InChI is InChI=1S/C12H22N2O2S/c15-12(14-10-4-8-17-9-10)3-7-16-11-1-5-13-6-2-11/h10-11,13H,1-9H2,(H,14,15). The van der Waals surface area contributed by atoms with Crippen LogP contribution in [0.4, 0.5) is 0 Å². The van der Waals surface area contributed by atoms with Crippen LogP contribution in [0.2, 0.25) is 0 Å². The molecule has 1 atom stereocenters. The fourth-order valence-corrected chi connectivity index (χ4v) is 3.38. The lowest BCUT2D eigenvalue weighted by Gasteiger charge is -2.22. The summed E-state index contributed by atoms with van der Waals surface area (Å²) in [5, 5.41) is 6.37. The average Bonchev–Trinajstić information content (AvgIpc) is 2.83. The Hall–Kier alpha value is -0.260. The van der Waals surface area contributed by atoms with Gasteiger partial charge in [0.25, 0.3) is 0 Å². The van der Waals surface area contributed by atoms with Crippen molar-refractivity contribution in [1.29, 1.82) is 0 Å². The molecule has 2 N–H and O–H groups in total. The van der Waals surface area contributed by atoms with E-state index in [4.69, 9.17) is 4.74 Å². The van der Waals surface area contributed by atoms with Crippen molar-refractivity contribution in [3.63, 3.8) is 0 Å². The maximum atomic E-state index is 11.6. The summed E-state index contributed by atoms with van der Waals surface area (Å²) < 4.78 is 5.71. The average molecular weight is 258 g/mol. The molecule has 0 aromatic heterocycles. The van der Waals surface area contributed by atoms with Gasteiger partial charge in [-0.3, -0.25) is 4.79 Å². The molecule has 5 heteroatoms. The number of amides is 1. The van der Waals surface area contributed by atoms with Crippen LogP contribution < -0.4 is 10.6 Å². The molecule has 2 aliphatic rings. The van der Waals surface area contributed by atoms with Gasteiger partial charge < -0.3 is 15.4 Å². The molecule has 1 unspecified atom stereocenters. The van der Waals surface area contributed by atoms with E-state index in [0.29, 0.717) is 25.2 Å². The lowest BCUT2D eigenvalue weighted by molar-refractivity contribution is -0.123. The molecule has 2 saturated heterocycles. The van der Waals surface area contributed by atoms with E-state index >= 15 is 0 Å². The Morgan fingerprint density at radius 3 is 2.88 bits per heavy atom. The van der Waals surface area contributed by atoms with Crippen LogP contribution in [0.15, 0.2) is 0 Å². The van der Waals surface area contributed by atoms with Crippen LogP contribution in [-0.2, 0) is 9.53 Å². The fraction of sp³-hybridized carbons (Fsp3) is 0.917. The van der Waals surface area contributed by atoms with Crippen molar-refractivity contribution in [3.05, 3.63) is 0 Å². The normalized spacial score (nSPS) is 26.0. The van der Waals surface area contributed by atoms with Crippen LogP contribution in [0.5, 0.6) is 0 Å². The predicted octanol–water partition coefficient (Wildman–Crippen LogP) is 0.767. The lowest BCUT2D eigenvalue weighted by atomic mass is 10.1. The topological polar surface area (TPSA) is 50.4 Å². The van der Waals surface area contributed by atoms with Gasteiger partial charge in [-0.05, 0) is 38.1 Å². The minimum atomic E-state index is 0.145. The van der Waals surface area contributed by atoms with Gasteiger partial charge in [-0.2, -0.15) is 11.8 Å². The van der Waals surface area contributed by atoms with Gasteiger partial charge in [0.05, 0.1) is 12.7 Å². The Kier molecular flexibility index (Phi) is 5.61. The van der Waals surface area contributed by atoms with E-state index in [9.17, 15) is 4.79 Å². The van der Waals surface area contributed by atoms with Crippen molar-refractivity contribution in [2.45, 2.75) is 37.8 Å². The third-order valence-electron chi connectivity index (χ3n) is 3.26. The third-order valence-corrected chi connectivity index (χ3v) is 4.43. The Morgan fingerprint density at radius 2 is 2.18 bits per heavy atom. The molecular formula is C12H22N2O2S. The van der Waals surface area contributed by atoms with Crippen LogP contribution in [0.25, 0.3) is 0 Å². The number of hydrogen-bond donors (Lipinski definition) is 2. The highest BCUT2D eigenvalue weighted by atomic mass is 32.2. The molecule has 0 aromatic carbocycles. The summed E-state index contributed by atoms with van der Waals surface area (Å²) in [6, 6.07) is 0.395. The highest BCUT2D eigenvalue weighted by molar-refractivity contribution is 7.99. The number of nitrogens with one attached hydrogen (secondary N) is 2. The molecule has 4 nitrogen and oxygen atoms in total. The molecule has 2 heterocycles. The molecule has 0 aliphatic carbocycles. The molecule has 2 fully saturated rings. The van der Waals surface area contributed by atoms with Crippen LogP contribution in [0, 0.1) is 0 Å². The minimum Gasteiger partial charge on any atom is -0.378 e. The van der Waals surface area contributed by atoms with E-state index in [1.165, 1.54) is 5.75 Å². The molecule has 1 amide bonds. The smallest absolute Gasteiger partial charge is 0.222 e. The monoisotopic (exact) mass is 258 g/mol. The van der Waals surface area contributed by atoms with E-state index in [1.54, 1.807) is 0 Å². The molecule has 2 aliphatic heterocycles. The van der Waals surface area contributed by atoms with E-state index in [-0.39, 0.29) is 5.91 Å². The van der Waals surface area contributed by atoms with Gasteiger partial charge in [0.2, 0.25) is 5.91 Å². The van der Waals surface area contributed by atoms with Crippen LogP contribution >= 0.6 is 11.8 Å². The van der Waals surface area contributed by atoms with Gasteiger partial charge in [0.15, 0.2) is 0 Å². The summed E-state index contributed by atoms with van der Waals surface area (Å²) in [5.41, 5.74) is 0. The minimum absolute atomic E-state index is 0.145. The number of hydrogen-bond acceptors (Lipinski definition) is 4. The Bertz CT molecular complexity index is 239. The molecule has 0 aromatic rings. The second-order valence-electron chi connectivity index (χ2n) is 4.70. The van der Waals surface area contributed by atoms with Gasteiger partial charge in [0, 0.05) is 18.2 Å². The SMILES string of the molecule is O=C(CCOC1CCNCC1)NC1CCSC1. The van der Waals surface area contributed by atoms with Crippen molar-refractivity contribution in [2.24, 2.45) is 0 Å². The summed E-state index contributed by atoms with van der Waals surface area (Å²) in [7, 11) is 0. The first-order chi connectivity index (χ1) is 8.34. The summed E-state index contributed by atoms with van der Waals surface area (Å²) in [4.78, 5) is 11.6. The Labute approximate surface area is 107 Å². The number of rotatable bonds is 5. The van der Waals surface area contributed by atoms with Crippen molar-refractivity contribution < 1.29 is 9.53 Å². The zero-order valence-corrected chi connectivity index (χ0v) is 11.1. The van der Waals surface area contributed by atoms with Crippen LogP contribution in [0.1, 0.15) is 25.7 Å². The molecule has 0 spiro atoms. The van der Waals surface area contributed by atoms with Crippen molar-refractivity contribution >= 4 is 17.7 Å². The number of ether oxygens (including phenoxy) is 1. The largest absolute Gasteiger partial charge is 0.378 e. The third kappa shape index (κ3) is 4.85. The van der Waals surface area contributed by atoms with Crippen LogP contribution in [0.3, 0.4) is 0 Å². The van der Waals surface area contributed by atoms with E-state index in [1.807, 2.05) is 11.8 Å². The fourth-order valence-electron chi connectivity index (χ4n) is 2.23. The van der Waals surface area contributed by atoms with E-state index in [2.05, 4.69) is 10.6 Å². The molecular weight excluding hydrogens is 236 g/mol. The number of thioether (sulfide) groups is 1. The first-order valence-corrected chi connectivity index (χ1v) is 7.69. The number of carbonyl (C=O) groups is 1. The number of carbonyl (C=O) groups excluding carboxylic acids is 1. The van der Waals surface area contributed by atoms with Crippen molar-refractivity contribution in [3.8, 4) is 0 Å². The molecule has 0 saturated carbocycles. The van der Waals surface area contributed by atoms with E-state index < -0.39 is 0 Å². The number of piperidine rings is 1. The predicted molar refractivity (Wildman–Crippen MR) is 70.3 cm³/mol. The summed E-state index contributed by atoms with van der Waals surface area (Å²) >= 11 is 1.92. The molecule has 0 bridgehead atoms. The first-order valence-electron chi connectivity index (χ1n) is 6.54. The summed E-state index contributed by atoms with van der Waals surface area (Å²) in [5.74, 6) is 2.39. The van der Waals surface area contributed by atoms with Gasteiger partial charge >= 0.3 is 0 Å². The second-order valence-corrected chi connectivity index (χ2v) is 5.85.